The number of hydrogen-bond acceptors (Lipinski definition) is 6. The highest BCUT2D eigenvalue weighted by molar-refractivity contribution is 5.69. The second-order valence-corrected chi connectivity index (χ2v) is 8.85. The van der Waals surface area contributed by atoms with E-state index in [1.54, 1.807) is 35.6 Å². The smallest absolute Gasteiger partial charge is 0.410 e. The molecule has 1 fully saturated rings. The van der Waals surface area contributed by atoms with Crippen molar-refractivity contribution < 1.29 is 18.7 Å². The third-order valence-electron chi connectivity index (χ3n) is 4.89. The number of nitrogens with zero attached hydrogens (tertiary/aromatic N) is 4. The highest BCUT2D eigenvalue weighted by Crippen LogP contribution is 2.26. The third-order valence-corrected chi connectivity index (χ3v) is 4.89. The standard InChI is InChI=1S/C24H25FN4O3/c1-24(2,3)32-23(30)29-14-17(15-29)7-16-8-18(11-26-10-16)19-12-27-22(28-13-19)31-21-6-4-5-20(25)9-21/h4-6,8-13,17H,7,14-15H2,1-3H3. The molecule has 3 aromatic rings. The lowest BCUT2D eigenvalue weighted by molar-refractivity contribution is -0.000887. The molecule has 8 heteroatoms. The van der Waals surface area contributed by atoms with Gasteiger partial charge in [-0.05, 0) is 56.9 Å². The molecule has 3 heterocycles. The van der Waals surface area contributed by atoms with Gasteiger partial charge in [0.1, 0.15) is 17.2 Å². The van der Waals surface area contributed by atoms with Gasteiger partial charge >= 0.3 is 12.1 Å². The zero-order chi connectivity index (χ0) is 22.7. The Hall–Kier alpha value is -3.55. The van der Waals surface area contributed by atoms with E-state index < -0.39 is 5.60 Å². The van der Waals surface area contributed by atoms with E-state index in [0.717, 1.165) is 23.1 Å². The van der Waals surface area contributed by atoms with Crippen molar-refractivity contribution >= 4 is 6.09 Å². The lowest BCUT2D eigenvalue weighted by Gasteiger charge is -2.39. The van der Waals surface area contributed by atoms with Crippen LogP contribution in [0, 0.1) is 11.7 Å². The van der Waals surface area contributed by atoms with Crippen LogP contribution in [-0.4, -0.2) is 44.6 Å². The molecule has 166 valence electrons. The van der Waals surface area contributed by atoms with Gasteiger partial charge < -0.3 is 14.4 Å². The zero-order valence-electron chi connectivity index (χ0n) is 18.3. The number of aromatic nitrogens is 3. The largest absolute Gasteiger partial charge is 0.444 e. The number of carbonyl (C=O) groups excluding carboxylic acids is 1. The molecule has 0 spiro atoms. The van der Waals surface area contributed by atoms with Crippen LogP contribution in [0.1, 0.15) is 26.3 Å². The molecule has 0 unspecified atom stereocenters. The summed E-state index contributed by atoms with van der Waals surface area (Å²) in [5.41, 5.74) is 2.29. The minimum absolute atomic E-state index is 0.139. The number of hydrogen-bond donors (Lipinski definition) is 0. The molecule has 1 amide bonds. The molecule has 1 aliphatic heterocycles. The van der Waals surface area contributed by atoms with Crippen molar-refractivity contribution in [3.63, 3.8) is 0 Å². The van der Waals surface area contributed by atoms with E-state index in [9.17, 15) is 9.18 Å². The second kappa shape index (κ2) is 8.90. The predicted octanol–water partition coefficient (Wildman–Crippen LogP) is 4.88. The van der Waals surface area contributed by atoms with Gasteiger partial charge in [-0.25, -0.2) is 19.2 Å². The fourth-order valence-corrected chi connectivity index (χ4v) is 3.42. The lowest BCUT2D eigenvalue weighted by atomic mass is 9.92. The van der Waals surface area contributed by atoms with Crippen LogP contribution in [0.2, 0.25) is 0 Å². The van der Waals surface area contributed by atoms with E-state index in [-0.39, 0.29) is 17.9 Å². The number of pyridine rings is 1. The molecule has 0 saturated carbocycles. The van der Waals surface area contributed by atoms with Crippen molar-refractivity contribution in [3.05, 3.63) is 66.5 Å². The minimum atomic E-state index is -0.486. The molecule has 0 bridgehead atoms. The van der Waals surface area contributed by atoms with Gasteiger partial charge in [-0.3, -0.25) is 4.98 Å². The zero-order valence-corrected chi connectivity index (χ0v) is 18.3. The fraction of sp³-hybridized carbons (Fsp3) is 0.333. The summed E-state index contributed by atoms with van der Waals surface area (Å²) in [4.78, 5) is 26.6. The van der Waals surface area contributed by atoms with Gasteiger partial charge in [0, 0.05) is 55.1 Å². The van der Waals surface area contributed by atoms with Crippen LogP contribution < -0.4 is 4.74 Å². The van der Waals surface area contributed by atoms with Crippen LogP contribution in [-0.2, 0) is 11.2 Å². The summed E-state index contributed by atoms with van der Waals surface area (Å²) in [6, 6.07) is 8.00. The Morgan fingerprint density at radius 2 is 1.84 bits per heavy atom. The van der Waals surface area contributed by atoms with E-state index in [1.165, 1.54) is 12.1 Å². The molecule has 1 aliphatic rings. The van der Waals surface area contributed by atoms with Crippen molar-refractivity contribution in [1.29, 1.82) is 0 Å². The van der Waals surface area contributed by atoms with E-state index in [2.05, 4.69) is 21.0 Å². The molecule has 0 aliphatic carbocycles. The van der Waals surface area contributed by atoms with Crippen LogP contribution in [0.15, 0.2) is 55.1 Å². The van der Waals surface area contributed by atoms with Crippen LogP contribution in [0.4, 0.5) is 9.18 Å². The average molecular weight is 436 g/mol. The van der Waals surface area contributed by atoms with Crippen molar-refractivity contribution in [1.82, 2.24) is 19.9 Å². The monoisotopic (exact) mass is 436 g/mol. The Morgan fingerprint density at radius 3 is 2.53 bits per heavy atom. The molecule has 7 nitrogen and oxygen atoms in total. The maximum absolute atomic E-state index is 13.3. The molecule has 1 aromatic carbocycles. The SMILES string of the molecule is CC(C)(C)OC(=O)N1CC(Cc2cncc(-c3cnc(Oc4cccc(F)c4)nc3)c2)C1. The van der Waals surface area contributed by atoms with E-state index >= 15 is 0 Å². The van der Waals surface area contributed by atoms with Crippen molar-refractivity contribution in [2.45, 2.75) is 32.8 Å². The van der Waals surface area contributed by atoms with Gasteiger partial charge in [0.15, 0.2) is 0 Å². The molecular formula is C24H25FN4O3. The summed E-state index contributed by atoms with van der Waals surface area (Å²) >= 11 is 0. The first-order valence-electron chi connectivity index (χ1n) is 10.4. The van der Waals surface area contributed by atoms with Crippen LogP contribution in [0.25, 0.3) is 11.1 Å². The Morgan fingerprint density at radius 1 is 1.09 bits per heavy atom. The summed E-state index contributed by atoms with van der Waals surface area (Å²) in [6.45, 7) is 6.94. The summed E-state index contributed by atoms with van der Waals surface area (Å²) in [5, 5.41) is 0. The van der Waals surface area contributed by atoms with Gasteiger partial charge in [-0.15, -0.1) is 0 Å². The number of benzene rings is 1. The summed E-state index contributed by atoms with van der Waals surface area (Å²) in [7, 11) is 0. The average Bonchev–Trinajstić information content (AvgIpc) is 2.70. The van der Waals surface area contributed by atoms with Gasteiger partial charge in [0.25, 0.3) is 0 Å². The molecule has 1 saturated heterocycles. The number of likely N-dealkylation sites (tertiary alicyclic amines) is 1. The van der Waals surface area contributed by atoms with Crippen LogP contribution in [0.5, 0.6) is 11.8 Å². The van der Waals surface area contributed by atoms with E-state index in [1.807, 2.05) is 27.0 Å². The Bertz CT molecular complexity index is 1090. The number of amides is 1. The highest BCUT2D eigenvalue weighted by Gasteiger charge is 2.33. The van der Waals surface area contributed by atoms with Crippen molar-refractivity contribution in [2.75, 3.05) is 13.1 Å². The van der Waals surface area contributed by atoms with Gasteiger partial charge in [-0.1, -0.05) is 6.07 Å². The first-order valence-corrected chi connectivity index (χ1v) is 10.4. The number of ether oxygens (including phenoxy) is 2. The van der Waals surface area contributed by atoms with Gasteiger partial charge in [0.05, 0.1) is 0 Å². The van der Waals surface area contributed by atoms with E-state index in [0.29, 0.717) is 24.8 Å². The van der Waals surface area contributed by atoms with Gasteiger partial charge in [0.2, 0.25) is 0 Å². The first kappa shape index (κ1) is 21.7. The molecule has 0 atom stereocenters. The molecular weight excluding hydrogens is 411 g/mol. The number of rotatable bonds is 5. The highest BCUT2D eigenvalue weighted by atomic mass is 19.1. The Labute approximate surface area is 186 Å². The third kappa shape index (κ3) is 5.57. The van der Waals surface area contributed by atoms with Crippen LogP contribution >= 0.6 is 0 Å². The van der Waals surface area contributed by atoms with Crippen molar-refractivity contribution in [2.24, 2.45) is 5.92 Å². The predicted molar refractivity (Wildman–Crippen MR) is 117 cm³/mol. The number of halogens is 1. The Balaban J connectivity index is 1.35. The molecule has 0 radical (unpaired) electrons. The molecule has 0 N–H and O–H groups in total. The quantitative estimate of drug-likeness (QED) is 0.567. The normalized spacial score (nSPS) is 14.1. The van der Waals surface area contributed by atoms with E-state index in [4.69, 9.17) is 9.47 Å². The molecule has 32 heavy (non-hydrogen) atoms. The maximum Gasteiger partial charge on any atom is 0.410 e. The molecule has 4 rings (SSSR count). The van der Waals surface area contributed by atoms with Crippen molar-refractivity contribution in [3.8, 4) is 22.9 Å². The maximum atomic E-state index is 13.3. The molecule has 2 aromatic heterocycles. The Kier molecular flexibility index (Phi) is 6.03. The van der Waals surface area contributed by atoms with Gasteiger partial charge in [-0.2, -0.15) is 0 Å². The second-order valence-electron chi connectivity index (χ2n) is 8.85. The summed E-state index contributed by atoms with van der Waals surface area (Å²) < 4.78 is 24.2. The number of carbonyl (C=O) groups is 1. The van der Waals surface area contributed by atoms with Crippen LogP contribution in [0.3, 0.4) is 0 Å². The fourth-order valence-electron chi connectivity index (χ4n) is 3.42. The lowest BCUT2D eigenvalue weighted by Crippen LogP contribution is -2.52. The first-order chi connectivity index (χ1) is 15.2. The summed E-state index contributed by atoms with van der Waals surface area (Å²) in [5.74, 6) is 0.322. The topological polar surface area (TPSA) is 77.4 Å². The summed E-state index contributed by atoms with van der Waals surface area (Å²) in [6.07, 6.45) is 7.44. The minimum Gasteiger partial charge on any atom is -0.444 e.